The average molecular weight is 433 g/mol. The van der Waals surface area contributed by atoms with Gasteiger partial charge in [-0.1, -0.05) is 6.92 Å². The Balaban J connectivity index is 1.37. The van der Waals surface area contributed by atoms with Gasteiger partial charge in [-0.2, -0.15) is 0 Å². The molecule has 0 aromatic heterocycles. The molecule has 4 aliphatic rings. The summed E-state index contributed by atoms with van der Waals surface area (Å²) in [6.07, 6.45) is 2.65. The van der Waals surface area contributed by atoms with Crippen molar-refractivity contribution < 1.29 is 19.0 Å². The van der Waals surface area contributed by atoms with Crippen LogP contribution in [0.2, 0.25) is 0 Å². The van der Waals surface area contributed by atoms with Gasteiger partial charge in [-0.3, -0.25) is 10.1 Å². The summed E-state index contributed by atoms with van der Waals surface area (Å²) in [7, 11) is 0. The minimum atomic E-state index is -1.67. The molecule has 0 bridgehead atoms. The molecule has 4 rings (SSSR count). The molecule has 4 fully saturated rings. The molecule has 166 valence electrons. The quantitative estimate of drug-likeness (QED) is 0.391. The van der Waals surface area contributed by atoms with E-state index in [0.717, 1.165) is 19.3 Å². The number of alkyl halides is 2. The first-order valence-corrected chi connectivity index (χ1v) is 11.4. The second-order valence-electron chi connectivity index (χ2n) is 9.38. The van der Waals surface area contributed by atoms with Gasteiger partial charge in [0, 0.05) is 37.5 Å². The van der Waals surface area contributed by atoms with E-state index in [1.807, 2.05) is 0 Å². The molecular weight excluding hydrogens is 399 g/mol. The zero-order valence-electron chi connectivity index (χ0n) is 17.0. The highest BCUT2D eigenvalue weighted by molar-refractivity contribution is 6.20. The zero-order chi connectivity index (χ0) is 20.6. The van der Waals surface area contributed by atoms with Gasteiger partial charge < -0.3 is 25.8 Å². The molecular formula is C20H34ClFN4O3. The highest BCUT2D eigenvalue weighted by Gasteiger charge is 2.51. The number of ether oxygens (including phenoxy) is 1. The lowest BCUT2D eigenvalue weighted by molar-refractivity contribution is -0.130. The van der Waals surface area contributed by atoms with Gasteiger partial charge in [-0.25, -0.2) is 4.39 Å². The van der Waals surface area contributed by atoms with E-state index in [1.165, 1.54) is 0 Å². The monoisotopic (exact) mass is 432 g/mol. The van der Waals surface area contributed by atoms with Crippen LogP contribution in [0.4, 0.5) is 4.39 Å². The Morgan fingerprint density at radius 3 is 2.76 bits per heavy atom. The van der Waals surface area contributed by atoms with E-state index in [9.17, 15) is 14.3 Å². The highest BCUT2D eigenvalue weighted by Crippen LogP contribution is 2.40. The van der Waals surface area contributed by atoms with Gasteiger partial charge in [0.25, 0.3) is 5.91 Å². The van der Waals surface area contributed by atoms with E-state index in [0.29, 0.717) is 50.9 Å². The summed E-state index contributed by atoms with van der Waals surface area (Å²) in [6, 6.07) is 0. The standard InChI is InChI=1S/C20H34ClFN4O3/c1-11-2-3-12(6-14(11)21)17-24-7-13(8-25-19(28)20(22)4-5-20)18(26-17)29-16-10-23-9-15(16)27/h11-18,23-24,26-27H,2-10H2,1H3,(H,25,28)/t11?,12?,13?,14?,15-,16+,17?,18?/m0/s1. The summed E-state index contributed by atoms with van der Waals surface area (Å²) in [5.41, 5.74) is -1.67. The van der Waals surface area contributed by atoms with Gasteiger partial charge in [-0.15, -0.1) is 11.6 Å². The molecule has 0 aromatic carbocycles. The van der Waals surface area contributed by atoms with Crippen LogP contribution in [-0.2, 0) is 9.53 Å². The van der Waals surface area contributed by atoms with Crippen LogP contribution in [0.25, 0.3) is 0 Å². The van der Waals surface area contributed by atoms with Gasteiger partial charge in [0.15, 0.2) is 5.67 Å². The van der Waals surface area contributed by atoms with Crippen molar-refractivity contribution >= 4 is 17.5 Å². The Kier molecular flexibility index (Phi) is 6.68. The number of amides is 1. The molecule has 5 N–H and O–H groups in total. The minimum Gasteiger partial charge on any atom is -0.389 e. The number of rotatable bonds is 6. The molecule has 0 aromatic rings. The predicted molar refractivity (Wildman–Crippen MR) is 108 cm³/mol. The summed E-state index contributed by atoms with van der Waals surface area (Å²) in [6.45, 7) is 4.29. The second kappa shape index (κ2) is 8.93. The number of hydrogen-bond acceptors (Lipinski definition) is 6. The molecule has 2 heterocycles. The highest BCUT2D eigenvalue weighted by atomic mass is 35.5. The van der Waals surface area contributed by atoms with Crippen LogP contribution < -0.4 is 21.3 Å². The molecule has 2 aliphatic carbocycles. The molecule has 9 heteroatoms. The fourth-order valence-electron chi connectivity index (χ4n) is 4.68. The molecule has 6 unspecified atom stereocenters. The molecule has 2 saturated carbocycles. The Hall–Kier alpha value is -0.510. The van der Waals surface area contributed by atoms with Crippen LogP contribution in [-0.4, -0.2) is 72.8 Å². The van der Waals surface area contributed by atoms with Crippen LogP contribution in [0.5, 0.6) is 0 Å². The average Bonchev–Trinajstić information content (AvgIpc) is 3.34. The normalized spacial score (nSPS) is 44.4. The van der Waals surface area contributed by atoms with Gasteiger partial charge in [0.2, 0.25) is 0 Å². The zero-order valence-corrected chi connectivity index (χ0v) is 17.8. The maximum absolute atomic E-state index is 14.0. The SMILES string of the molecule is CC1CCC(C2NCC(CNC(=O)C3(F)CC3)C(O[C@@H]3CNC[C@@H]3O)N2)CC1Cl. The lowest BCUT2D eigenvalue weighted by atomic mass is 9.80. The van der Waals surface area contributed by atoms with E-state index >= 15 is 0 Å². The topological polar surface area (TPSA) is 94.7 Å². The summed E-state index contributed by atoms with van der Waals surface area (Å²) < 4.78 is 20.2. The third-order valence-electron chi connectivity index (χ3n) is 7.05. The second-order valence-corrected chi connectivity index (χ2v) is 9.94. The van der Waals surface area contributed by atoms with Crippen LogP contribution in [0.15, 0.2) is 0 Å². The fraction of sp³-hybridized carbons (Fsp3) is 0.950. The maximum atomic E-state index is 14.0. The Morgan fingerprint density at radius 1 is 1.31 bits per heavy atom. The number of β-amino-alcohol motifs (C(OH)–C–C–N with tert-alkyl or cyclic N) is 1. The largest absolute Gasteiger partial charge is 0.389 e. The van der Waals surface area contributed by atoms with Gasteiger partial charge >= 0.3 is 0 Å². The summed E-state index contributed by atoms with van der Waals surface area (Å²) in [4.78, 5) is 12.0. The van der Waals surface area contributed by atoms with Gasteiger partial charge in [0.1, 0.15) is 6.23 Å². The first-order chi connectivity index (χ1) is 13.9. The molecule has 8 atom stereocenters. The first-order valence-electron chi connectivity index (χ1n) is 11.0. The van der Waals surface area contributed by atoms with Crippen molar-refractivity contribution in [1.29, 1.82) is 0 Å². The van der Waals surface area contributed by atoms with Crippen molar-refractivity contribution in [3.05, 3.63) is 0 Å². The molecule has 29 heavy (non-hydrogen) atoms. The number of carbonyl (C=O) groups is 1. The molecule has 0 spiro atoms. The van der Waals surface area contributed by atoms with Crippen molar-refractivity contribution in [2.24, 2.45) is 17.8 Å². The number of hydrogen-bond donors (Lipinski definition) is 5. The Bertz CT molecular complexity index is 596. The van der Waals surface area contributed by atoms with E-state index in [1.54, 1.807) is 0 Å². The molecule has 2 aliphatic heterocycles. The number of carbonyl (C=O) groups excluding carboxylic acids is 1. The van der Waals surface area contributed by atoms with E-state index in [-0.39, 0.29) is 29.8 Å². The van der Waals surface area contributed by atoms with Gasteiger partial charge in [-0.05, 0) is 43.9 Å². The smallest absolute Gasteiger partial charge is 0.257 e. The Morgan fingerprint density at radius 2 is 2.10 bits per heavy atom. The molecule has 1 amide bonds. The van der Waals surface area contributed by atoms with E-state index in [4.69, 9.17) is 16.3 Å². The number of aliphatic hydroxyl groups excluding tert-OH is 1. The lowest BCUT2D eigenvalue weighted by Crippen LogP contribution is -2.65. The van der Waals surface area contributed by atoms with Crippen molar-refractivity contribution in [3.8, 4) is 0 Å². The van der Waals surface area contributed by atoms with Crippen molar-refractivity contribution in [2.45, 2.75) is 74.7 Å². The number of nitrogens with one attached hydrogen (secondary N) is 4. The van der Waals surface area contributed by atoms with Crippen LogP contribution >= 0.6 is 11.6 Å². The molecule has 2 saturated heterocycles. The van der Waals surface area contributed by atoms with Crippen molar-refractivity contribution in [1.82, 2.24) is 21.3 Å². The fourth-order valence-corrected chi connectivity index (χ4v) is 5.03. The first kappa shape index (κ1) is 21.7. The summed E-state index contributed by atoms with van der Waals surface area (Å²) in [5.74, 6) is 0.357. The van der Waals surface area contributed by atoms with Crippen LogP contribution in [0.1, 0.15) is 39.0 Å². The van der Waals surface area contributed by atoms with E-state index in [2.05, 4.69) is 28.2 Å². The van der Waals surface area contributed by atoms with E-state index < -0.39 is 17.7 Å². The molecule has 7 nitrogen and oxygen atoms in total. The van der Waals surface area contributed by atoms with Crippen LogP contribution in [0.3, 0.4) is 0 Å². The minimum absolute atomic E-state index is 0.0559. The third kappa shape index (κ3) is 5.05. The van der Waals surface area contributed by atoms with Crippen LogP contribution in [0, 0.1) is 17.8 Å². The molecule has 0 radical (unpaired) electrons. The lowest BCUT2D eigenvalue weighted by Gasteiger charge is -2.44. The predicted octanol–water partition coefficient (Wildman–Crippen LogP) is 0.459. The number of halogens is 2. The third-order valence-corrected chi connectivity index (χ3v) is 7.66. The van der Waals surface area contributed by atoms with Crippen molar-refractivity contribution in [2.75, 3.05) is 26.2 Å². The maximum Gasteiger partial charge on any atom is 0.257 e. The van der Waals surface area contributed by atoms with Gasteiger partial charge in [0.05, 0.1) is 18.4 Å². The summed E-state index contributed by atoms with van der Waals surface area (Å²) >= 11 is 6.52. The number of aliphatic hydroxyl groups is 1. The summed E-state index contributed by atoms with van der Waals surface area (Å²) in [5, 5.41) is 23.3. The van der Waals surface area contributed by atoms with Crippen molar-refractivity contribution in [3.63, 3.8) is 0 Å². The Labute approximate surface area is 176 Å².